The maximum absolute atomic E-state index is 11.7. The number of hydrogen-bond acceptors (Lipinski definition) is 4. The first-order valence-corrected chi connectivity index (χ1v) is 6.25. The van der Waals surface area contributed by atoms with Gasteiger partial charge in [0.25, 0.3) is 5.78 Å². The molecule has 0 aromatic rings. The standard InChI is InChI=1S/C13H20O6/c1-4-6-7-13(5-2,12(18)19)9(8(3)14)10(15)11(16)17/h9H,4-7H2,1-3H3,(H,16,17)(H,18,19). The number of carbonyl (C=O) groups is 4. The summed E-state index contributed by atoms with van der Waals surface area (Å²) >= 11 is 0. The molecule has 0 saturated heterocycles. The van der Waals surface area contributed by atoms with Crippen molar-refractivity contribution in [3.8, 4) is 0 Å². The molecule has 2 unspecified atom stereocenters. The molecule has 0 bridgehead atoms. The molecule has 6 nitrogen and oxygen atoms in total. The zero-order chi connectivity index (χ0) is 15.2. The van der Waals surface area contributed by atoms with Gasteiger partial charge in [-0.2, -0.15) is 0 Å². The molecule has 108 valence electrons. The minimum atomic E-state index is -1.77. The summed E-state index contributed by atoms with van der Waals surface area (Å²) in [4.78, 5) is 45.6. The number of ketones is 2. The number of unbranched alkanes of at least 4 members (excludes halogenated alkanes) is 1. The third-order valence-electron chi connectivity index (χ3n) is 3.47. The van der Waals surface area contributed by atoms with Crippen LogP contribution in [0.4, 0.5) is 0 Å². The minimum absolute atomic E-state index is 0.0333. The average molecular weight is 272 g/mol. The fourth-order valence-corrected chi connectivity index (χ4v) is 2.35. The van der Waals surface area contributed by atoms with Crippen LogP contribution in [0, 0.1) is 11.3 Å². The van der Waals surface area contributed by atoms with Crippen LogP contribution in [0.25, 0.3) is 0 Å². The van der Waals surface area contributed by atoms with Gasteiger partial charge in [0, 0.05) is 0 Å². The molecule has 0 aliphatic heterocycles. The van der Waals surface area contributed by atoms with E-state index >= 15 is 0 Å². The van der Waals surface area contributed by atoms with E-state index in [1.807, 2.05) is 6.92 Å². The third kappa shape index (κ3) is 3.62. The largest absolute Gasteiger partial charge is 0.481 e. The Bertz CT molecular complexity index is 387. The van der Waals surface area contributed by atoms with E-state index in [0.29, 0.717) is 12.8 Å². The molecule has 0 radical (unpaired) electrons. The summed E-state index contributed by atoms with van der Waals surface area (Å²) in [5.41, 5.74) is -1.63. The maximum atomic E-state index is 11.7. The lowest BCUT2D eigenvalue weighted by molar-refractivity contribution is -0.165. The van der Waals surface area contributed by atoms with Gasteiger partial charge in [-0.25, -0.2) is 4.79 Å². The number of hydrogen-bond donors (Lipinski definition) is 2. The zero-order valence-electron chi connectivity index (χ0n) is 11.4. The van der Waals surface area contributed by atoms with Gasteiger partial charge in [-0.3, -0.25) is 14.4 Å². The maximum Gasteiger partial charge on any atom is 0.372 e. The number of carbonyl (C=O) groups excluding carboxylic acids is 2. The molecule has 0 aromatic heterocycles. The Balaban J connectivity index is 5.74. The summed E-state index contributed by atoms with van der Waals surface area (Å²) in [5.74, 6) is -6.74. The lowest BCUT2D eigenvalue weighted by Gasteiger charge is -2.33. The highest BCUT2D eigenvalue weighted by atomic mass is 16.4. The highest BCUT2D eigenvalue weighted by Crippen LogP contribution is 2.39. The normalized spacial score (nSPS) is 15.3. The molecular formula is C13H20O6. The van der Waals surface area contributed by atoms with E-state index in [1.54, 1.807) is 6.92 Å². The molecule has 0 spiro atoms. The van der Waals surface area contributed by atoms with Gasteiger partial charge in [-0.05, 0) is 19.8 Å². The van der Waals surface area contributed by atoms with Crippen molar-refractivity contribution in [2.75, 3.05) is 0 Å². The van der Waals surface area contributed by atoms with Gasteiger partial charge in [0.1, 0.15) is 11.7 Å². The van der Waals surface area contributed by atoms with Gasteiger partial charge in [0.05, 0.1) is 5.41 Å². The minimum Gasteiger partial charge on any atom is -0.481 e. The Labute approximate surface area is 111 Å². The van der Waals surface area contributed by atoms with Crippen molar-refractivity contribution in [3.05, 3.63) is 0 Å². The van der Waals surface area contributed by atoms with Gasteiger partial charge < -0.3 is 10.2 Å². The number of carboxylic acid groups (broad SMARTS) is 2. The molecule has 0 heterocycles. The average Bonchev–Trinajstić information content (AvgIpc) is 2.32. The van der Waals surface area contributed by atoms with E-state index in [0.717, 1.165) is 6.92 Å². The smallest absolute Gasteiger partial charge is 0.372 e. The van der Waals surface area contributed by atoms with Gasteiger partial charge in [0.2, 0.25) is 0 Å². The Morgan fingerprint density at radius 2 is 1.63 bits per heavy atom. The molecule has 0 rings (SSSR count). The number of Topliss-reactive ketones (excluding diaryl/α,β-unsaturated/α-hetero) is 2. The fraction of sp³-hybridized carbons (Fsp3) is 0.692. The molecule has 2 atom stereocenters. The monoisotopic (exact) mass is 272 g/mol. The van der Waals surface area contributed by atoms with Crippen molar-refractivity contribution in [3.63, 3.8) is 0 Å². The van der Waals surface area contributed by atoms with Crippen molar-refractivity contribution in [2.45, 2.75) is 46.5 Å². The molecule has 0 amide bonds. The summed E-state index contributed by atoms with van der Waals surface area (Å²) in [7, 11) is 0. The predicted molar refractivity (Wildman–Crippen MR) is 66.7 cm³/mol. The molecule has 6 heteroatoms. The molecule has 0 saturated carbocycles. The zero-order valence-corrected chi connectivity index (χ0v) is 11.4. The Morgan fingerprint density at radius 3 is 1.89 bits per heavy atom. The predicted octanol–water partition coefficient (Wildman–Crippen LogP) is 1.52. The van der Waals surface area contributed by atoms with Crippen LogP contribution in [0.5, 0.6) is 0 Å². The first-order chi connectivity index (χ1) is 8.74. The molecule has 2 N–H and O–H groups in total. The van der Waals surface area contributed by atoms with E-state index in [2.05, 4.69) is 0 Å². The molecule has 0 aliphatic rings. The van der Waals surface area contributed by atoms with Crippen molar-refractivity contribution in [1.82, 2.24) is 0 Å². The highest BCUT2D eigenvalue weighted by molar-refractivity contribution is 6.38. The lowest BCUT2D eigenvalue weighted by Crippen LogP contribution is -2.47. The van der Waals surface area contributed by atoms with Crippen LogP contribution < -0.4 is 0 Å². The van der Waals surface area contributed by atoms with Gasteiger partial charge in [0.15, 0.2) is 0 Å². The SMILES string of the molecule is CCCCC(CC)(C(=O)O)C(C(C)=O)C(=O)C(=O)O. The van der Waals surface area contributed by atoms with Crippen molar-refractivity contribution >= 4 is 23.5 Å². The van der Waals surface area contributed by atoms with Crippen molar-refractivity contribution in [2.24, 2.45) is 11.3 Å². The first kappa shape index (κ1) is 17.3. The second-order valence-electron chi connectivity index (χ2n) is 4.63. The van der Waals surface area contributed by atoms with Crippen molar-refractivity contribution in [1.29, 1.82) is 0 Å². The quantitative estimate of drug-likeness (QED) is 0.486. The fourth-order valence-electron chi connectivity index (χ4n) is 2.35. The molecule has 0 aromatic carbocycles. The van der Waals surface area contributed by atoms with E-state index in [4.69, 9.17) is 5.11 Å². The van der Waals surface area contributed by atoms with Crippen molar-refractivity contribution < 1.29 is 29.4 Å². The molecular weight excluding hydrogens is 252 g/mol. The van der Waals surface area contributed by atoms with E-state index in [9.17, 15) is 24.3 Å². The first-order valence-electron chi connectivity index (χ1n) is 6.25. The molecule has 0 fully saturated rings. The van der Waals surface area contributed by atoms with Gasteiger partial charge in [-0.15, -0.1) is 0 Å². The number of aliphatic carboxylic acids is 2. The number of carboxylic acids is 2. The van der Waals surface area contributed by atoms with Crippen LogP contribution >= 0.6 is 0 Å². The third-order valence-corrected chi connectivity index (χ3v) is 3.47. The second kappa shape index (κ2) is 7.01. The van der Waals surface area contributed by atoms with Crippen LogP contribution in [0.1, 0.15) is 46.5 Å². The molecule has 19 heavy (non-hydrogen) atoms. The van der Waals surface area contributed by atoms with Crippen LogP contribution in [-0.4, -0.2) is 33.7 Å². The topological polar surface area (TPSA) is 109 Å². The van der Waals surface area contributed by atoms with Gasteiger partial charge >= 0.3 is 11.9 Å². The van der Waals surface area contributed by atoms with E-state index in [-0.39, 0.29) is 12.8 Å². The van der Waals surface area contributed by atoms with Crippen LogP contribution in [0.2, 0.25) is 0 Å². The van der Waals surface area contributed by atoms with Crippen LogP contribution in [0.15, 0.2) is 0 Å². The Kier molecular flexibility index (Phi) is 6.38. The summed E-state index contributed by atoms with van der Waals surface area (Å²) in [6.07, 6.45) is 1.35. The van der Waals surface area contributed by atoms with Gasteiger partial charge in [-0.1, -0.05) is 26.7 Å². The van der Waals surface area contributed by atoms with E-state index in [1.165, 1.54) is 0 Å². The Hall–Kier alpha value is -1.72. The summed E-state index contributed by atoms with van der Waals surface area (Å²) < 4.78 is 0. The lowest BCUT2D eigenvalue weighted by atomic mass is 9.66. The van der Waals surface area contributed by atoms with Crippen LogP contribution in [-0.2, 0) is 19.2 Å². The molecule has 0 aliphatic carbocycles. The summed E-state index contributed by atoms with van der Waals surface area (Å²) in [6.45, 7) is 4.46. The van der Waals surface area contributed by atoms with Crippen LogP contribution in [0.3, 0.4) is 0 Å². The number of rotatable bonds is 9. The Morgan fingerprint density at radius 1 is 1.11 bits per heavy atom. The van der Waals surface area contributed by atoms with E-state index < -0.39 is 34.8 Å². The highest BCUT2D eigenvalue weighted by Gasteiger charge is 2.51. The second-order valence-corrected chi connectivity index (χ2v) is 4.63. The summed E-state index contributed by atoms with van der Waals surface area (Å²) in [6, 6.07) is 0. The summed E-state index contributed by atoms with van der Waals surface area (Å²) in [5, 5.41) is 18.2.